The lowest BCUT2D eigenvalue weighted by atomic mass is 10.1. The number of carbonyl (C=O) groups is 1. The number of fused-ring (bicyclic) bond motifs is 1. The number of thioether (sulfide) groups is 1. The maximum atomic E-state index is 11.9. The standard InChI is InChI=1S/C23H33NO4S/c1-5-17(4)23(26)29-14-10-8-9-13-27-20-16-22(25)28-21-15-18(11-12-19(20)21)24(6-2)7-3/h11-12,15-17H,5-10,13-14H2,1-4H3. The zero-order valence-corrected chi connectivity index (χ0v) is 18.8. The van der Waals surface area contributed by atoms with Crippen molar-refractivity contribution in [2.24, 2.45) is 5.92 Å². The second-order valence-corrected chi connectivity index (χ2v) is 8.27. The first-order valence-corrected chi connectivity index (χ1v) is 11.6. The Morgan fingerprint density at radius 1 is 1.14 bits per heavy atom. The monoisotopic (exact) mass is 419 g/mol. The molecule has 2 rings (SSSR count). The van der Waals surface area contributed by atoms with Crippen molar-refractivity contribution in [1.82, 2.24) is 0 Å². The summed E-state index contributed by atoms with van der Waals surface area (Å²) in [7, 11) is 0. The van der Waals surface area contributed by atoms with Crippen molar-refractivity contribution >= 4 is 33.5 Å². The summed E-state index contributed by atoms with van der Waals surface area (Å²) < 4.78 is 11.3. The van der Waals surface area contributed by atoms with Crippen LogP contribution in [0.2, 0.25) is 0 Å². The van der Waals surface area contributed by atoms with E-state index in [1.54, 1.807) is 0 Å². The second kappa shape index (κ2) is 11.9. The minimum absolute atomic E-state index is 0.142. The number of benzene rings is 1. The maximum absolute atomic E-state index is 11.9. The first-order valence-electron chi connectivity index (χ1n) is 10.6. The summed E-state index contributed by atoms with van der Waals surface area (Å²) in [4.78, 5) is 26.0. The number of carbonyl (C=O) groups excluding carboxylic acids is 1. The molecule has 0 fully saturated rings. The zero-order chi connectivity index (χ0) is 21.2. The number of anilines is 1. The highest BCUT2D eigenvalue weighted by Gasteiger charge is 2.11. The molecule has 0 saturated heterocycles. The minimum Gasteiger partial charge on any atom is -0.493 e. The molecule has 6 heteroatoms. The van der Waals surface area contributed by atoms with E-state index in [1.807, 2.05) is 32.0 Å². The van der Waals surface area contributed by atoms with E-state index in [0.717, 1.165) is 55.6 Å². The number of unbranched alkanes of at least 4 members (excludes halogenated alkanes) is 2. The van der Waals surface area contributed by atoms with Gasteiger partial charge in [-0.3, -0.25) is 4.79 Å². The van der Waals surface area contributed by atoms with Crippen molar-refractivity contribution in [3.8, 4) is 5.75 Å². The lowest BCUT2D eigenvalue weighted by Crippen LogP contribution is -2.21. The summed E-state index contributed by atoms with van der Waals surface area (Å²) in [5, 5.41) is 1.10. The molecular formula is C23H33NO4S. The Balaban J connectivity index is 1.88. The van der Waals surface area contributed by atoms with Gasteiger partial charge in [0.1, 0.15) is 11.3 Å². The van der Waals surface area contributed by atoms with Crippen LogP contribution in [0.4, 0.5) is 5.69 Å². The predicted octanol–water partition coefficient (Wildman–Crippen LogP) is 5.49. The molecule has 1 aromatic carbocycles. The highest BCUT2D eigenvalue weighted by molar-refractivity contribution is 8.13. The van der Waals surface area contributed by atoms with E-state index >= 15 is 0 Å². The lowest BCUT2D eigenvalue weighted by Gasteiger charge is -2.21. The Labute approximate surface area is 177 Å². The normalized spacial score (nSPS) is 12.1. The molecule has 2 aromatic rings. The van der Waals surface area contributed by atoms with Crippen molar-refractivity contribution in [2.75, 3.05) is 30.3 Å². The van der Waals surface area contributed by atoms with Crippen LogP contribution in [0.25, 0.3) is 11.0 Å². The van der Waals surface area contributed by atoms with Crippen LogP contribution >= 0.6 is 11.8 Å². The number of ether oxygens (including phenoxy) is 1. The number of hydrogen-bond donors (Lipinski definition) is 0. The van der Waals surface area contributed by atoms with Crippen LogP contribution in [0, 0.1) is 5.92 Å². The quantitative estimate of drug-likeness (QED) is 0.335. The Morgan fingerprint density at radius 3 is 2.59 bits per heavy atom. The number of nitrogens with zero attached hydrogens (tertiary/aromatic N) is 1. The molecule has 0 spiro atoms. The largest absolute Gasteiger partial charge is 0.493 e. The molecule has 0 radical (unpaired) electrons. The third-order valence-corrected chi connectivity index (χ3v) is 6.30. The Morgan fingerprint density at radius 2 is 1.90 bits per heavy atom. The molecule has 160 valence electrons. The third kappa shape index (κ3) is 6.81. The molecule has 5 nitrogen and oxygen atoms in total. The fourth-order valence-corrected chi connectivity index (χ4v) is 4.07. The van der Waals surface area contributed by atoms with E-state index in [2.05, 4.69) is 18.7 Å². The molecule has 0 bridgehead atoms. The first-order chi connectivity index (χ1) is 14.0. The van der Waals surface area contributed by atoms with Crippen LogP contribution in [0.15, 0.2) is 33.5 Å². The SMILES string of the molecule is CCC(C)C(=O)SCCCCCOc1cc(=O)oc2cc(N(CC)CC)ccc12. The molecule has 1 unspecified atom stereocenters. The van der Waals surface area contributed by atoms with E-state index in [9.17, 15) is 9.59 Å². The molecule has 0 amide bonds. The first kappa shape index (κ1) is 23.3. The molecule has 0 aliphatic heterocycles. The van der Waals surface area contributed by atoms with Crippen molar-refractivity contribution in [2.45, 2.75) is 53.4 Å². The van der Waals surface area contributed by atoms with Gasteiger partial charge >= 0.3 is 5.63 Å². The molecule has 1 heterocycles. The van der Waals surface area contributed by atoms with Crippen LogP contribution in [-0.2, 0) is 4.79 Å². The summed E-state index contributed by atoms with van der Waals surface area (Å²) in [5.74, 6) is 1.57. The zero-order valence-electron chi connectivity index (χ0n) is 18.0. The van der Waals surface area contributed by atoms with Gasteiger partial charge in [0.2, 0.25) is 0 Å². The van der Waals surface area contributed by atoms with Crippen molar-refractivity contribution in [1.29, 1.82) is 0 Å². The molecule has 29 heavy (non-hydrogen) atoms. The molecule has 0 saturated carbocycles. The Kier molecular flexibility index (Phi) is 9.58. The molecule has 0 aliphatic carbocycles. The smallest absolute Gasteiger partial charge is 0.339 e. The highest BCUT2D eigenvalue weighted by Crippen LogP contribution is 2.28. The second-order valence-electron chi connectivity index (χ2n) is 7.17. The van der Waals surface area contributed by atoms with Gasteiger partial charge in [0.15, 0.2) is 5.12 Å². The molecule has 1 aromatic heterocycles. The molecule has 0 N–H and O–H groups in total. The van der Waals surface area contributed by atoms with E-state index in [1.165, 1.54) is 17.8 Å². The molecule has 1 atom stereocenters. The van der Waals surface area contributed by atoms with E-state index < -0.39 is 5.63 Å². The average molecular weight is 420 g/mol. The fourth-order valence-electron chi connectivity index (χ4n) is 3.07. The maximum Gasteiger partial charge on any atom is 0.339 e. The lowest BCUT2D eigenvalue weighted by molar-refractivity contribution is -0.113. The van der Waals surface area contributed by atoms with E-state index in [-0.39, 0.29) is 11.0 Å². The van der Waals surface area contributed by atoms with Crippen molar-refractivity contribution < 1.29 is 13.9 Å². The Hall–Kier alpha value is -1.95. The van der Waals surface area contributed by atoms with Crippen LogP contribution in [0.3, 0.4) is 0 Å². The van der Waals surface area contributed by atoms with Gasteiger partial charge in [-0.25, -0.2) is 4.79 Å². The van der Waals surface area contributed by atoms with Crippen molar-refractivity contribution in [3.63, 3.8) is 0 Å². The third-order valence-electron chi connectivity index (χ3n) is 5.12. The van der Waals surface area contributed by atoms with E-state index in [4.69, 9.17) is 9.15 Å². The van der Waals surface area contributed by atoms with Crippen LogP contribution in [-0.4, -0.2) is 30.6 Å². The van der Waals surface area contributed by atoms with Gasteiger partial charge in [-0.2, -0.15) is 0 Å². The minimum atomic E-state index is -0.399. The van der Waals surface area contributed by atoms with Gasteiger partial charge in [-0.15, -0.1) is 0 Å². The average Bonchev–Trinajstić information content (AvgIpc) is 2.72. The van der Waals surface area contributed by atoms with Crippen molar-refractivity contribution in [3.05, 3.63) is 34.7 Å². The fraction of sp³-hybridized carbons (Fsp3) is 0.565. The summed E-state index contributed by atoms with van der Waals surface area (Å²) in [6, 6.07) is 7.31. The van der Waals surface area contributed by atoms with E-state index in [0.29, 0.717) is 17.9 Å². The Bertz CT molecular complexity index is 844. The summed E-state index contributed by atoms with van der Waals surface area (Å²) in [6.45, 7) is 10.5. The van der Waals surface area contributed by atoms with Gasteiger partial charge in [0.25, 0.3) is 0 Å². The summed E-state index contributed by atoms with van der Waals surface area (Å²) in [5.41, 5.74) is 1.19. The summed E-state index contributed by atoms with van der Waals surface area (Å²) in [6.07, 6.45) is 3.76. The van der Waals surface area contributed by atoms with Gasteiger partial charge in [0, 0.05) is 36.5 Å². The van der Waals surface area contributed by atoms with Gasteiger partial charge in [-0.05, 0) is 51.7 Å². The highest BCUT2D eigenvalue weighted by atomic mass is 32.2. The molecular weight excluding hydrogens is 386 g/mol. The molecule has 0 aliphatic rings. The predicted molar refractivity (Wildman–Crippen MR) is 122 cm³/mol. The van der Waals surface area contributed by atoms with Crippen LogP contribution in [0.1, 0.15) is 53.4 Å². The number of rotatable bonds is 12. The van der Waals surface area contributed by atoms with Gasteiger partial charge < -0.3 is 14.1 Å². The summed E-state index contributed by atoms with van der Waals surface area (Å²) >= 11 is 1.44. The van der Waals surface area contributed by atoms with Crippen LogP contribution in [0.5, 0.6) is 5.75 Å². The van der Waals surface area contributed by atoms with Crippen LogP contribution < -0.4 is 15.3 Å². The number of hydrogen-bond acceptors (Lipinski definition) is 6. The topological polar surface area (TPSA) is 59.8 Å². The van der Waals surface area contributed by atoms with Gasteiger partial charge in [0.05, 0.1) is 18.1 Å². The van der Waals surface area contributed by atoms with Gasteiger partial charge in [-0.1, -0.05) is 25.6 Å².